The van der Waals surface area contributed by atoms with Gasteiger partial charge < -0.3 is 15.4 Å². The highest BCUT2D eigenvalue weighted by Gasteiger charge is 2.12. The number of nitriles is 1. The van der Waals surface area contributed by atoms with Crippen LogP contribution < -0.4 is 15.4 Å². The van der Waals surface area contributed by atoms with Crippen LogP contribution in [0.3, 0.4) is 0 Å². The first kappa shape index (κ1) is 17.6. The average molecular weight is 330 g/mol. The van der Waals surface area contributed by atoms with Gasteiger partial charge in [-0.2, -0.15) is 5.26 Å². The fourth-order valence-corrected chi connectivity index (χ4v) is 2.20. The number of carbonyl (C=O) groups excluding carboxylic acids is 1. The number of nitrogens with zero attached hydrogens (tertiary/aromatic N) is 1. The van der Waals surface area contributed by atoms with Gasteiger partial charge in [0.15, 0.2) is 6.61 Å². The maximum absolute atomic E-state index is 11.6. The summed E-state index contributed by atoms with van der Waals surface area (Å²) >= 11 is 12.1. The minimum absolute atomic E-state index is 0.161. The van der Waals surface area contributed by atoms with Crippen LogP contribution in [-0.2, 0) is 11.3 Å². The number of nitrogens with one attached hydrogen (secondary N) is 2. The van der Waals surface area contributed by atoms with E-state index in [1.54, 1.807) is 12.1 Å². The van der Waals surface area contributed by atoms with Gasteiger partial charge in [0.1, 0.15) is 5.75 Å². The summed E-state index contributed by atoms with van der Waals surface area (Å²) < 4.78 is 5.49. The quantitative estimate of drug-likeness (QED) is 0.718. The van der Waals surface area contributed by atoms with Crippen LogP contribution in [0.4, 0.5) is 0 Å². The van der Waals surface area contributed by atoms with Crippen LogP contribution in [0.1, 0.15) is 18.9 Å². The summed E-state index contributed by atoms with van der Waals surface area (Å²) in [5.74, 6) is 0.142. The lowest BCUT2D eigenvalue weighted by atomic mass is 10.2. The Balaban J connectivity index is 2.68. The Bertz CT molecular complexity index is 530. The summed E-state index contributed by atoms with van der Waals surface area (Å²) in [6.45, 7) is 3.46. The van der Waals surface area contributed by atoms with E-state index in [1.165, 1.54) is 0 Å². The van der Waals surface area contributed by atoms with Crippen molar-refractivity contribution < 1.29 is 9.53 Å². The molecule has 2 N–H and O–H groups in total. The van der Waals surface area contributed by atoms with Crippen molar-refractivity contribution in [3.63, 3.8) is 0 Å². The lowest BCUT2D eigenvalue weighted by molar-refractivity contribution is -0.123. The molecule has 1 rings (SSSR count). The number of amides is 1. The molecule has 21 heavy (non-hydrogen) atoms. The minimum atomic E-state index is -0.300. The van der Waals surface area contributed by atoms with Crippen molar-refractivity contribution in [3.8, 4) is 11.8 Å². The van der Waals surface area contributed by atoms with Gasteiger partial charge in [0.05, 0.1) is 17.5 Å². The number of ether oxygens (including phenoxy) is 1. The van der Waals surface area contributed by atoms with Crippen molar-refractivity contribution in [1.29, 1.82) is 5.26 Å². The summed E-state index contributed by atoms with van der Waals surface area (Å²) in [6.07, 6.45) is 0.263. The molecule has 0 aliphatic rings. The molecular formula is C14H17Cl2N3O2. The van der Waals surface area contributed by atoms with Crippen molar-refractivity contribution >= 4 is 29.1 Å². The SMILES string of the molecule is CCNCc1cc(Cl)cc(Cl)c1OCC(=O)NCCC#N. The Hall–Kier alpha value is -1.48. The number of hydrogen-bond acceptors (Lipinski definition) is 4. The Morgan fingerprint density at radius 1 is 1.43 bits per heavy atom. The molecule has 1 aromatic rings. The number of halogens is 2. The molecule has 1 aromatic carbocycles. The second-order valence-electron chi connectivity index (χ2n) is 4.20. The summed E-state index contributed by atoms with van der Waals surface area (Å²) in [4.78, 5) is 11.6. The van der Waals surface area contributed by atoms with Gasteiger partial charge in [-0.3, -0.25) is 4.79 Å². The fourth-order valence-electron chi connectivity index (χ4n) is 1.61. The van der Waals surface area contributed by atoms with E-state index in [4.69, 9.17) is 33.2 Å². The van der Waals surface area contributed by atoms with E-state index in [9.17, 15) is 4.79 Å². The van der Waals surface area contributed by atoms with E-state index < -0.39 is 0 Å². The van der Waals surface area contributed by atoms with Crippen molar-refractivity contribution in [3.05, 3.63) is 27.7 Å². The molecular weight excluding hydrogens is 313 g/mol. The second kappa shape index (κ2) is 9.46. The molecule has 1 amide bonds. The summed E-state index contributed by atoms with van der Waals surface area (Å²) in [7, 11) is 0. The summed E-state index contributed by atoms with van der Waals surface area (Å²) in [5, 5.41) is 15.0. The zero-order valence-corrected chi connectivity index (χ0v) is 13.2. The number of benzene rings is 1. The van der Waals surface area contributed by atoms with Crippen LogP contribution in [-0.4, -0.2) is 25.6 Å². The third-order valence-corrected chi connectivity index (χ3v) is 3.06. The van der Waals surface area contributed by atoms with E-state index in [-0.39, 0.29) is 18.9 Å². The normalized spacial score (nSPS) is 10.0. The highest BCUT2D eigenvalue weighted by atomic mass is 35.5. The molecule has 0 bridgehead atoms. The lowest BCUT2D eigenvalue weighted by Crippen LogP contribution is -2.29. The van der Waals surface area contributed by atoms with Crippen LogP contribution in [0.5, 0.6) is 5.75 Å². The molecule has 5 nitrogen and oxygen atoms in total. The van der Waals surface area contributed by atoms with Gasteiger partial charge >= 0.3 is 0 Å². The molecule has 0 spiro atoms. The van der Waals surface area contributed by atoms with Crippen molar-refractivity contribution in [2.24, 2.45) is 0 Å². The summed E-state index contributed by atoms with van der Waals surface area (Å²) in [5.41, 5.74) is 0.791. The van der Waals surface area contributed by atoms with Crippen LogP contribution >= 0.6 is 23.2 Å². The van der Waals surface area contributed by atoms with Crippen molar-refractivity contribution in [2.45, 2.75) is 19.9 Å². The smallest absolute Gasteiger partial charge is 0.257 e. The first-order valence-corrected chi connectivity index (χ1v) is 7.29. The highest BCUT2D eigenvalue weighted by molar-refractivity contribution is 6.35. The molecule has 0 radical (unpaired) electrons. The van der Waals surface area contributed by atoms with Crippen LogP contribution in [0, 0.1) is 11.3 Å². The molecule has 0 aliphatic carbocycles. The maximum Gasteiger partial charge on any atom is 0.257 e. The molecule has 7 heteroatoms. The standard InChI is InChI=1S/C14H17Cl2N3O2/c1-2-18-8-10-6-11(15)7-12(16)14(10)21-9-13(20)19-5-3-4-17/h6-7,18H,2-3,5,8-9H2,1H3,(H,19,20). The first-order chi connectivity index (χ1) is 10.1. The Labute approximate surface area is 134 Å². The Morgan fingerprint density at radius 3 is 2.86 bits per heavy atom. The number of rotatable bonds is 8. The Morgan fingerprint density at radius 2 is 2.19 bits per heavy atom. The molecule has 0 saturated heterocycles. The van der Waals surface area contributed by atoms with E-state index in [0.29, 0.717) is 28.9 Å². The Kier molecular flexibility index (Phi) is 7.91. The van der Waals surface area contributed by atoms with Crippen molar-refractivity contribution in [1.82, 2.24) is 10.6 Å². The van der Waals surface area contributed by atoms with E-state index in [0.717, 1.165) is 12.1 Å². The van der Waals surface area contributed by atoms with Crippen LogP contribution in [0.25, 0.3) is 0 Å². The van der Waals surface area contributed by atoms with Gasteiger partial charge in [-0.1, -0.05) is 30.1 Å². The molecule has 0 fully saturated rings. The largest absolute Gasteiger partial charge is 0.482 e. The molecule has 0 aliphatic heterocycles. The van der Waals surface area contributed by atoms with Gasteiger partial charge in [-0.05, 0) is 18.7 Å². The van der Waals surface area contributed by atoms with Gasteiger partial charge in [-0.25, -0.2) is 0 Å². The third-order valence-electron chi connectivity index (χ3n) is 2.56. The first-order valence-electron chi connectivity index (χ1n) is 6.53. The second-order valence-corrected chi connectivity index (χ2v) is 5.05. The number of hydrogen-bond donors (Lipinski definition) is 2. The maximum atomic E-state index is 11.6. The monoisotopic (exact) mass is 329 g/mol. The predicted molar refractivity (Wildman–Crippen MR) is 82.6 cm³/mol. The molecule has 0 unspecified atom stereocenters. The zero-order chi connectivity index (χ0) is 15.7. The molecule has 0 aromatic heterocycles. The van der Waals surface area contributed by atoms with E-state index in [2.05, 4.69) is 10.6 Å². The molecule has 0 atom stereocenters. The molecule has 0 heterocycles. The van der Waals surface area contributed by atoms with Crippen molar-refractivity contribution in [2.75, 3.05) is 19.7 Å². The van der Waals surface area contributed by atoms with Crippen LogP contribution in [0.2, 0.25) is 10.0 Å². The van der Waals surface area contributed by atoms with E-state index in [1.807, 2.05) is 13.0 Å². The molecule has 0 saturated carbocycles. The lowest BCUT2D eigenvalue weighted by Gasteiger charge is -2.14. The van der Waals surface area contributed by atoms with Gasteiger partial charge in [-0.15, -0.1) is 0 Å². The summed E-state index contributed by atoms with van der Waals surface area (Å²) in [6, 6.07) is 5.26. The van der Waals surface area contributed by atoms with Gasteiger partial charge in [0, 0.05) is 23.7 Å². The fraction of sp³-hybridized carbons (Fsp3) is 0.429. The molecule has 114 valence electrons. The predicted octanol–water partition coefficient (Wildman–Crippen LogP) is 2.51. The van der Waals surface area contributed by atoms with Gasteiger partial charge in [0.25, 0.3) is 5.91 Å². The minimum Gasteiger partial charge on any atom is -0.482 e. The number of carbonyl (C=O) groups is 1. The van der Waals surface area contributed by atoms with Gasteiger partial charge in [0.2, 0.25) is 0 Å². The third kappa shape index (κ3) is 6.21. The highest BCUT2D eigenvalue weighted by Crippen LogP contribution is 2.32. The topological polar surface area (TPSA) is 74.2 Å². The average Bonchev–Trinajstić information content (AvgIpc) is 2.44. The van der Waals surface area contributed by atoms with E-state index >= 15 is 0 Å². The van der Waals surface area contributed by atoms with Crippen LogP contribution in [0.15, 0.2) is 12.1 Å². The zero-order valence-electron chi connectivity index (χ0n) is 11.7.